The molecule has 0 aliphatic heterocycles. The zero-order chi connectivity index (χ0) is 17.5. The van der Waals surface area contributed by atoms with E-state index in [4.69, 9.17) is 0 Å². The molecular weight excluding hydrogens is 327 g/mol. The van der Waals surface area contributed by atoms with E-state index < -0.39 is 32.1 Å². The first-order valence-electron chi connectivity index (χ1n) is 8.88. The summed E-state index contributed by atoms with van der Waals surface area (Å²) >= 11 is 0. The fourth-order valence-corrected chi connectivity index (χ4v) is 9.10. The van der Waals surface area contributed by atoms with Crippen LogP contribution in [0.1, 0.15) is 59.3 Å². The van der Waals surface area contributed by atoms with Gasteiger partial charge in [-0.25, -0.2) is 4.39 Å². The topological polar surface area (TPSA) is 0 Å². The van der Waals surface area contributed by atoms with Crippen LogP contribution < -0.4 is 18.9 Å². The molecule has 0 aromatic carbocycles. The molecule has 0 amide bonds. The van der Waals surface area contributed by atoms with Crippen molar-refractivity contribution in [3.8, 4) is 0 Å². The summed E-state index contributed by atoms with van der Waals surface area (Å²) in [6.07, 6.45) is 2.95. The quantitative estimate of drug-likeness (QED) is 0.311. The first-order chi connectivity index (χ1) is 10.9. The molecule has 0 aromatic rings. The maximum absolute atomic E-state index is 14.5. The van der Waals surface area contributed by atoms with E-state index in [1.54, 1.807) is 0 Å². The van der Waals surface area contributed by atoms with Gasteiger partial charge in [-0.3, -0.25) is 4.39 Å². The molecule has 0 radical (unpaired) electrons. The first-order valence-corrected chi connectivity index (χ1v) is 11.5. The van der Waals surface area contributed by atoms with E-state index in [1.165, 1.54) is 0 Å². The van der Waals surface area contributed by atoms with Gasteiger partial charge < -0.3 is 8.78 Å². The van der Waals surface area contributed by atoms with Crippen molar-refractivity contribution >= 4 is 8.07 Å². The van der Waals surface area contributed by atoms with Crippen molar-refractivity contribution in [2.45, 2.75) is 83.6 Å². The third-order valence-corrected chi connectivity index (χ3v) is 10.3. The average molecular weight is 356 g/mol. The second-order valence-corrected chi connectivity index (χ2v) is 11.1. The van der Waals surface area contributed by atoms with Crippen molar-refractivity contribution in [2.75, 3.05) is 0 Å². The van der Waals surface area contributed by atoms with E-state index in [0.29, 0.717) is 0 Å². The van der Waals surface area contributed by atoms with Gasteiger partial charge in [0.1, 0.15) is 6.17 Å². The number of alkyl halides is 1. The summed E-state index contributed by atoms with van der Waals surface area (Å²) in [6.45, 7) is 6.19. The van der Waals surface area contributed by atoms with Gasteiger partial charge in [-0.1, -0.05) is 83.5 Å². The summed E-state index contributed by atoms with van der Waals surface area (Å²) in [4.78, 5) is 0. The molecular formula is C18H29F4LiSi. The third kappa shape index (κ3) is 5.71. The van der Waals surface area contributed by atoms with Crippen molar-refractivity contribution in [1.29, 1.82) is 0 Å². The number of rotatable bonds is 10. The Labute approximate surface area is 157 Å². The minimum Gasteiger partial charge on any atom is -0.318 e. The van der Waals surface area contributed by atoms with E-state index in [2.05, 4.69) is 20.8 Å². The van der Waals surface area contributed by atoms with Crippen LogP contribution in [0.2, 0.25) is 18.1 Å². The van der Waals surface area contributed by atoms with Crippen LogP contribution in [0.25, 0.3) is 0 Å². The molecule has 0 fully saturated rings. The summed E-state index contributed by atoms with van der Waals surface area (Å²) in [6, 6.07) is 2.47. The van der Waals surface area contributed by atoms with Crippen molar-refractivity contribution in [1.82, 2.24) is 0 Å². The van der Waals surface area contributed by atoms with Crippen molar-refractivity contribution in [3.63, 3.8) is 0 Å². The number of hydrogen-bond donors (Lipinski definition) is 0. The smallest absolute Gasteiger partial charge is 0.318 e. The Hall–Kier alpha value is -0.116. The second kappa shape index (κ2) is 11.5. The Morgan fingerprint density at radius 3 is 1.75 bits per heavy atom. The van der Waals surface area contributed by atoms with Gasteiger partial charge >= 0.3 is 18.9 Å². The van der Waals surface area contributed by atoms with Crippen molar-refractivity contribution in [2.24, 2.45) is 0 Å². The number of unbranched alkanes of at least 4 members (excludes halogenated alkanes) is 3. The Bertz CT molecular complexity index is 415. The van der Waals surface area contributed by atoms with Crippen LogP contribution in [0.5, 0.6) is 0 Å². The van der Waals surface area contributed by atoms with E-state index >= 15 is 0 Å². The molecule has 0 spiro atoms. The van der Waals surface area contributed by atoms with Crippen molar-refractivity contribution < 1.29 is 36.4 Å². The molecule has 0 saturated heterocycles. The molecule has 0 N–H and O–H groups in total. The van der Waals surface area contributed by atoms with Crippen LogP contribution in [0.4, 0.5) is 17.6 Å². The Kier molecular flexibility index (Phi) is 11.4. The first kappa shape index (κ1) is 23.9. The van der Waals surface area contributed by atoms with Gasteiger partial charge in [0.25, 0.3) is 0 Å². The molecule has 1 aliphatic rings. The van der Waals surface area contributed by atoms with Crippen LogP contribution >= 0.6 is 0 Å². The van der Waals surface area contributed by atoms with E-state index in [-0.39, 0.29) is 24.1 Å². The minimum atomic E-state index is -2.37. The zero-order valence-electron chi connectivity index (χ0n) is 15.5. The number of allylic oxidation sites excluding steroid dienone is 4. The molecule has 0 aromatic heterocycles. The Balaban J connectivity index is 0.00000529. The standard InChI is InChI=1S/C18H29F4Si.Li/c1-4-7-10-23(11-8-5-2,12-9-6-3)15-13-14(19)16(20)18(22)17(15)21;/h13-14H,4-12H2,1-3H3;/q-1;+1. The van der Waals surface area contributed by atoms with Gasteiger partial charge in [0.05, 0.1) is 8.07 Å². The van der Waals surface area contributed by atoms with Gasteiger partial charge in [0, 0.05) is 17.8 Å². The predicted octanol–water partition coefficient (Wildman–Crippen LogP) is 4.31. The molecule has 1 aliphatic carbocycles. The molecule has 1 unspecified atom stereocenters. The summed E-state index contributed by atoms with van der Waals surface area (Å²) in [5.74, 6) is -2.75. The van der Waals surface area contributed by atoms with Gasteiger partial charge in [0.15, 0.2) is 0 Å². The maximum Gasteiger partial charge on any atom is 1.00 e. The summed E-state index contributed by atoms with van der Waals surface area (Å²) in [5.41, 5.74) is 0. The largest absolute Gasteiger partial charge is 1.00 e. The number of hydrogen-bond acceptors (Lipinski definition) is 0. The summed E-state index contributed by atoms with van der Waals surface area (Å²) in [5, 5.41) is 0.194. The molecule has 134 valence electrons. The van der Waals surface area contributed by atoms with Crippen LogP contribution in [-0.4, -0.2) is 14.2 Å². The average Bonchev–Trinajstić information content (AvgIpc) is 2.56. The van der Waals surface area contributed by atoms with Crippen LogP contribution in [-0.2, 0) is 0 Å². The van der Waals surface area contributed by atoms with E-state index in [0.717, 1.165) is 62.7 Å². The van der Waals surface area contributed by atoms with E-state index in [1.807, 2.05) is 0 Å². The Morgan fingerprint density at radius 2 is 1.38 bits per heavy atom. The third-order valence-electron chi connectivity index (χ3n) is 4.79. The fourth-order valence-electron chi connectivity index (χ4n) is 3.37. The Morgan fingerprint density at radius 1 is 0.958 bits per heavy atom. The van der Waals surface area contributed by atoms with Gasteiger partial charge in [-0.2, -0.15) is 0 Å². The number of halogens is 4. The molecule has 0 nitrogen and oxygen atoms in total. The molecule has 0 saturated carbocycles. The minimum absolute atomic E-state index is 0. The molecule has 1 atom stereocenters. The van der Waals surface area contributed by atoms with Crippen LogP contribution in [0.15, 0.2) is 22.9 Å². The van der Waals surface area contributed by atoms with Gasteiger partial charge in [-0.05, 0) is 0 Å². The molecule has 0 bridgehead atoms. The molecule has 24 heavy (non-hydrogen) atoms. The van der Waals surface area contributed by atoms with Crippen LogP contribution in [0.3, 0.4) is 0 Å². The van der Waals surface area contributed by atoms with Gasteiger partial charge in [-0.15, -0.1) is 5.20 Å². The fraction of sp³-hybridized carbons (Fsp3) is 0.722. The summed E-state index contributed by atoms with van der Waals surface area (Å²) in [7, 11) is -2.37. The SMILES string of the molecule is CCCC[Si](CCCC)(CCCC)C1=CC(F)[C-](F)C(F)=C1F.[Li+]. The van der Waals surface area contributed by atoms with Crippen molar-refractivity contribution in [3.05, 3.63) is 29.1 Å². The zero-order valence-corrected chi connectivity index (χ0v) is 16.5. The second-order valence-electron chi connectivity index (χ2n) is 6.55. The van der Waals surface area contributed by atoms with Gasteiger partial charge in [0.2, 0.25) is 0 Å². The maximum atomic E-state index is 14.5. The normalized spacial score (nSPS) is 18.5. The summed E-state index contributed by atoms with van der Waals surface area (Å²) < 4.78 is 55.5. The molecule has 1 rings (SSSR count). The monoisotopic (exact) mass is 356 g/mol. The molecule has 6 heteroatoms. The predicted molar refractivity (Wildman–Crippen MR) is 91.5 cm³/mol. The molecule has 0 heterocycles. The van der Waals surface area contributed by atoms with E-state index in [9.17, 15) is 17.6 Å². The van der Waals surface area contributed by atoms with Crippen LogP contribution in [0, 0.1) is 6.17 Å².